The van der Waals surface area contributed by atoms with Crippen LogP contribution >= 0.6 is 0 Å². The van der Waals surface area contributed by atoms with Crippen molar-refractivity contribution in [1.82, 2.24) is 4.98 Å². The Morgan fingerprint density at radius 2 is 1.74 bits per heavy atom. The number of hydrogen-bond acceptors (Lipinski definition) is 4. The van der Waals surface area contributed by atoms with E-state index in [4.69, 9.17) is 9.31 Å². The van der Waals surface area contributed by atoms with Crippen molar-refractivity contribution in [2.45, 2.75) is 45.8 Å². The van der Waals surface area contributed by atoms with Gasteiger partial charge in [0.2, 0.25) is 0 Å². The molecule has 0 unspecified atom stereocenters. The van der Waals surface area contributed by atoms with Crippen LogP contribution in [0.5, 0.6) is 5.75 Å². The summed E-state index contributed by atoms with van der Waals surface area (Å²) in [6.45, 7) is 9.91. The molecule has 0 spiro atoms. The van der Waals surface area contributed by atoms with E-state index in [-0.39, 0.29) is 24.1 Å². The van der Waals surface area contributed by atoms with E-state index in [1.165, 1.54) is 6.20 Å². The quantitative estimate of drug-likeness (QED) is 0.831. The minimum Gasteiger partial charge on any atom is -0.506 e. The summed E-state index contributed by atoms with van der Waals surface area (Å²) in [5.41, 5.74) is 0.972. The van der Waals surface area contributed by atoms with Crippen molar-refractivity contribution in [3.8, 4) is 5.75 Å². The van der Waals surface area contributed by atoms with E-state index in [1.807, 2.05) is 46.7 Å². The van der Waals surface area contributed by atoms with Gasteiger partial charge in [0.1, 0.15) is 5.75 Å². The highest BCUT2D eigenvalue weighted by atomic mass is 16.7. The van der Waals surface area contributed by atoms with Gasteiger partial charge in [-0.25, -0.2) is 0 Å². The molecule has 1 aromatic rings. The topological polar surface area (TPSA) is 51.6 Å². The maximum atomic E-state index is 9.60. The van der Waals surface area contributed by atoms with E-state index in [1.54, 1.807) is 6.20 Å². The molecule has 0 saturated carbocycles. The summed E-state index contributed by atoms with van der Waals surface area (Å²) < 4.78 is 11.7. The molecule has 5 heteroatoms. The molecule has 0 atom stereocenters. The highest BCUT2D eigenvalue weighted by Crippen LogP contribution is 2.37. The van der Waals surface area contributed by atoms with E-state index >= 15 is 0 Å². The lowest BCUT2D eigenvalue weighted by Crippen LogP contribution is -2.41. The first kappa shape index (κ1) is 14.1. The number of aromatic hydroxyl groups is 1. The van der Waals surface area contributed by atoms with E-state index in [0.29, 0.717) is 0 Å². The second-order valence-corrected chi connectivity index (χ2v) is 5.86. The molecular formula is C14H20BNO3. The molecule has 1 fully saturated rings. The third-order valence-electron chi connectivity index (χ3n) is 3.93. The predicted molar refractivity (Wildman–Crippen MR) is 75.8 cm³/mol. The Hall–Kier alpha value is -1.33. The molecule has 2 rings (SSSR count). The molecule has 0 radical (unpaired) electrons. The molecule has 2 heterocycles. The van der Waals surface area contributed by atoms with Crippen LogP contribution < -0.4 is 0 Å². The van der Waals surface area contributed by atoms with Gasteiger partial charge in [-0.05, 0) is 40.2 Å². The van der Waals surface area contributed by atoms with Gasteiger partial charge in [0.15, 0.2) is 0 Å². The van der Waals surface area contributed by atoms with Crippen molar-refractivity contribution in [2.24, 2.45) is 0 Å². The molecule has 102 valence electrons. The molecule has 0 bridgehead atoms. The zero-order chi connectivity index (χ0) is 14.3. The maximum absolute atomic E-state index is 9.60. The van der Waals surface area contributed by atoms with Gasteiger partial charge < -0.3 is 14.4 Å². The first-order valence-corrected chi connectivity index (χ1v) is 6.40. The van der Waals surface area contributed by atoms with E-state index < -0.39 is 0 Å². The number of pyridine rings is 1. The smallest absolute Gasteiger partial charge is 0.487 e. The van der Waals surface area contributed by atoms with Gasteiger partial charge in [-0.3, -0.25) is 4.98 Å². The molecule has 1 aliphatic rings. The van der Waals surface area contributed by atoms with Crippen LogP contribution in [-0.2, 0) is 9.31 Å². The Labute approximate surface area is 114 Å². The Bertz CT molecular complexity index is 495. The first-order chi connectivity index (χ1) is 8.73. The second-order valence-electron chi connectivity index (χ2n) is 5.86. The van der Waals surface area contributed by atoms with Gasteiger partial charge in [-0.2, -0.15) is 0 Å². The van der Waals surface area contributed by atoms with Crippen molar-refractivity contribution < 1.29 is 14.4 Å². The molecule has 1 aromatic heterocycles. The van der Waals surface area contributed by atoms with Crippen molar-refractivity contribution in [1.29, 1.82) is 0 Å². The lowest BCUT2D eigenvalue weighted by Gasteiger charge is -2.32. The average Bonchev–Trinajstić information content (AvgIpc) is 2.50. The van der Waals surface area contributed by atoms with E-state index in [9.17, 15) is 5.11 Å². The summed E-state index contributed by atoms with van der Waals surface area (Å²) in [5.74, 6) is 2.04. The molecule has 1 saturated heterocycles. The number of rotatable bonds is 2. The molecule has 0 amide bonds. The van der Waals surface area contributed by atoms with Crippen molar-refractivity contribution in [3.63, 3.8) is 0 Å². The van der Waals surface area contributed by atoms with Crippen LogP contribution in [0.1, 0.15) is 38.8 Å². The van der Waals surface area contributed by atoms with Gasteiger partial charge in [0, 0.05) is 11.8 Å². The lowest BCUT2D eigenvalue weighted by molar-refractivity contribution is 0.00578. The van der Waals surface area contributed by atoms with E-state index in [0.717, 1.165) is 11.1 Å². The van der Waals surface area contributed by atoms with E-state index in [2.05, 4.69) is 4.98 Å². The SMILES string of the molecule is Cc1c(O)cncc1/C=C/B1OC(C)(C)C(C)(C)O1. The molecule has 0 aliphatic carbocycles. The highest BCUT2D eigenvalue weighted by Gasteiger charge is 2.49. The molecule has 19 heavy (non-hydrogen) atoms. The zero-order valence-electron chi connectivity index (χ0n) is 12.1. The first-order valence-electron chi connectivity index (χ1n) is 6.40. The summed E-state index contributed by atoms with van der Waals surface area (Å²) in [7, 11) is -0.383. The third kappa shape index (κ3) is 2.67. The van der Waals surface area contributed by atoms with Crippen LogP contribution in [0, 0.1) is 6.92 Å². The summed E-state index contributed by atoms with van der Waals surface area (Å²) in [5, 5.41) is 9.60. The van der Waals surface area contributed by atoms with Gasteiger partial charge in [-0.1, -0.05) is 12.1 Å². The highest BCUT2D eigenvalue weighted by molar-refractivity contribution is 6.52. The normalized spacial score (nSPS) is 21.2. The van der Waals surface area contributed by atoms with Crippen LogP contribution in [0.4, 0.5) is 0 Å². The maximum Gasteiger partial charge on any atom is 0.487 e. The van der Waals surface area contributed by atoms with Gasteiger partial charge >= 0.3 is 7.12 Å². The largest absolute Gasteiger partial charge is 0.506 e. The summed E-state index contributed by atoms with van der Waals surface area (Å²) in [6.07, 6.45) is 5.00. The Balaban J connectivity index is 2.15. The Kier molecular flexibility index (Phi) is 3.45. The Morgan fingerprint density at radius 1 is 1.16 bits per heavy atom. The number of hydrogen-bond donors (Lipinski definition) is 1. The summed E-state index contributed by atoms with van der Waals surface area (Å²) in [6, 6.07) is 0. The van der Waals surface area contributed by atoms with Gasteiger partial charge in [-0.15, -0.1) is 0 Å². The lowest BCUT2D eigenvalue weighted by atomic mass is 9.89. The monoisotopic (exact) mass is 261 g/mol. The second kappa shape index (κ2) is 4.65. The van der Waals surface area contributed by atoms with Crippen molar-refractivity contribution in [3.05, 3.63) is 29.5 Å². The number of aromatic nitrogens is 1. The van der Waals surface area contributed by atoms with Crippen LogP contribution in [0.2, 0.25) is 0 Å². The van der Waals surface area contributed by atoms with Crippen LogP contribution in [0.25, 0.3) is 6.08 Å². The van der Waals surface area contributed by atoms with Crippen LogP contribution in [0.15, 0.2) is 18.4 Å². The minimum absolute atomic E-state index is 0.191. The fourth-order valence-corrected chi connectivity index (χ4v) is 1.85. The van der Waals surface area contributed by atoms with Gasteiger partial charge in [0.05, 0.1) is 17.4 Å². The van der Waals surface area contributed by atoms with Crippen LogP contribution in [-0.4, -0.2) is 28.4 Å². The van der Waals surface area contributed by atoms with Crippen LogP contribution in [0.3, 0.4) is 0 Å². The molecule has 4 nitrogen and oxygen atoms in total. The molecule has 0 aromatic carbocycles. The van der Waals surface area contributed by atoms with Crippen molar-refractivity contribution in [2.75, 3.05) is 0 Å². The third-order valence-corrected chi connectivity index (χ3v) is 3.93. The minimum atomic E-state index is -0.383. The average molecular weight is 261 g/mol. The summed E-state index contributed by atoms with van der Waals surface area (Å²) in [4.78, 5) is 3.96. The number of nitrogens with zero attached hydrogens (tertiary/aromatic N) is 1. The standard InChI is InChI=1S/C14H20BNO3/c1-10-11(8-16-9-12(10)17)6-7-15-18-13(2,3)14(4,5)19-15/h6-9,17H,1-5H3/b7-6+. The molecule has 1 aliphatic heterocycles. The fourth-order valence-electron chi connectivity index (χ4n) is 1.85. The fraction of sp³-hybridized carbons (Fsp3) is 0.500. The molecule has 1 N–H and O–H groups in total. The predicted octanol–water partition coefficient (Wildman–Crippen LogP) is 2.74. The molecular weight excluding hydrogens is 241 g/mol. The van der Waals surface area contributed by atoms with Crippen molar-refractivity contribution >= 4 is 13.2 Å². The Morgan fingerprint density at radius 3 is 2.32 bits per heavy atom. The van der Waals surface area contributed by atoms with Gasteiger partial charge in [0.25, 0.3) is 0 Å². The summed E-state index contributed by atoms with van der Waals surface area (Å²) >= 11 is 0. The zero-order valence-corrected chi connectivity index (χ0v) is 12.1.